The lowest BCUT2D eigenvalue weighted by atomic mass is 10.1. The van der Waals surface area contributed by atoms with Crippen molar-refractivity contribution in [2.45, 2.75) is 18.9 Å². The summed E-state index contributed by atoms with van der Waals surface area (Å²) >= 11 is 0. The van der Waals surface area contributed by atoms with E-state index in [2.05, 4.69) is 11.4 Å². The molecule has 1 aliphatic carbocycles. The number of fused-ring (bicyclic) bond motifs is 1. The van der Waals surface area contributed by atoms with Gasteiger partial charge < -0.3 is 15.2 Å². The average Bonchev–Trinajstić information content (AvgIpc) is 2.90. The molecule has 0 aliphatic heterocycles. The highest BCUT2D eigenvalue weighted by molar-refractivity contribution is 5.97. The number of amides is 1. The number of rotatable bonds is 3. The number of carbonyl (C=O) groups is 1. The van der Waals surface area contributed by atoms with Gasteiger partial charge in [-0.1, -0.05) is 24.3 Å². The molecule has 1 atom stereocenters. The quantitative estimate of drug-likeness (QED) is 0.910. The van der Waals surface area contributed by atoms with Crippen LogP contribution in [0.2, 0.25) is 0 Å². The van der Waals surface area contributed by atoms with E-state index in [9.17, 15) is 9.90 Å². The molecule has 108 valence electrons. The van der Waals surface area contributed by atoms with Gasteiger partial charge in [-0.3, -0.25) is 4.79 Å². The molecule has 4 heteroatoms. The van der Waals surface area contributed by atoms with E-state index in [1.54, 1.807) is 12.1 Å². The summed E-state index contributed by atoms with van der Waals surface area (Å²) in [7, 11) is 1.52. The van der Waals surface area contributed by atoms with Gasteiger partial charge in [-0.2, -0.15) is 0 Å². The highest BCUT2D eigenvalue weighted by Crippen LogP contribution is 2.31. The Labute approximate surface area is 123 Å². The predicted octanol–water partition coefficient (Wildman–Crippen LogP) is 2.82. The van der Waals surface area contributed by atoms with Crippen LogP contribution in [-0.2, 0) is 6.42 Å². The van der Waals surface area contributed by atoms with Crippen LogP contribution in [0.5, 0.6) is 11.5 Å². The van der Waals surface area contributed by atoms with E-state index in [0.29, 0.717) is 5.75 Å². The fourth-order valence-corrected chi connectivity index (χ4v) is 2.77. The number of ether oxygens (including phenoxy) is 1. The first-order valence-electron chi connectivity index (χ1n) is 6.94. The third kappa shape index (κ3) is 2.57. The van der Waals surface area contributed by atoms with Gasteiger partial charge in [-0.25, -0.2) is 0 Å². The minimum atomic E-state index is -0.267. The summed E-state index contributed by atoms with van der Waals surface area (Å²) in [6.07, 6.45) is 1.86. The van der Waals surface area contributed by atoms with E-state index in [1.165, 1.54) is 24.3 Å². The number of phenols is 1. The van der Waals surface area contributed by atoms with Gasteiger partial charge in [0.25, 0.3) is 5.91 Å². The van der Waals surface area contributed by atoms with E-state index < -0.39 is 0 Å². The van der Waals surface area contributed by atoms with Crippen molar-refractivity contribution in [3.63, 3.8) is 0 Å². The zero-order valence-electron chi connectivity index (χ0n) is 11.8. The zero-order chi connectivity index (χ0) is 14.8. The Bertz CT molecular complexity index is 681. The van der Waals surface area contributed by atoms with Crippen molar-refractivity contribution in [1.82, 2.24) is 5.32 Å². The summed E-state index contributed by atoms with van der Waals surface area (Å²) in [5.41, 5.74) is 2.71. The largest absolute Gasteiger partial charge is 0.507 e. The Hall–Kier alpha value is -2.49. The van der Waals surface area contributed by atoms with Crippen LogP contribution in [0.1, 0.15) is 33.9 Å². The molecule has 4 nitrogen and oxygen atoms in total. The van der Waals surface area contributed by atoms with Crippen molar-refractivity contribution in [2.24, 2.45) is 0 Å². The molecule has 0 fully saturated rings. The normalized spacial score (nSPS) is 16.3. The van der Waals surface area contributed by atoms with E-state index in [4.69, 9.17) is 4.74 Å². The second-order valence-electron chi connectivity index (χ2n) is 5.15. The summed E-state index contributed by atoms with van der Waals surface area (Å²) < 4.78 is 5.02. The van der Waals surface area contributed by atoms with Crippen molar-refractivity contribution in [3.05, 3.63) is 59.2 Å². The fourth-order valence-electron chi connectivity index (χ4n) is 2.77. The monoisotopic (exact) mass is 283 g/mol. The number of methoxy groups -OCH3 is 1. The Morgan fingerprint density at radius 1 is 1.29 bits per heavy atom. The van der Waals surface area contributed by atoms with Gasteiger partial charge in [-0.05, 0) is 36.1 Å². The van der Waals surface area contributed by atoms with Gasteiger partial charge in [-0.15, -0.1) is 0 Å². The lowest BCUT2D eigenvalue weighted by Gasteiger charge is -2.15. The number of nitrogens with one attached hydrogen (secondary N) is 1. The molecule has 3 rings (SSSR count). The second kappa shape index (κ2) is 5.48. The number of benzene rings is 2. The summed E-state index contributed by atoms with van der Waals surface area (Å²) in [5.74, 6) is 0.185. The van der Waals surface area contributed by atoms with Crippen LogP contribution in [-0.4, -0.2) is 18.1 Å². The maximum atomic E-state index is 12.3. The molecule has 1 aliphatic rings. The number of carbonyl (C=O) groups excluding carboxylic acids is 1. The number of hydrogen-bond donors (Lipinski definition) is 2. The van der Waals surface area contributed by atoms with Gasteiger partial charge in [0.05, 0.1) is 18.7 Å². The third-order valence-corrected chi connectivity index (χ3v) is 3.89. The van der Waals surface area contributed by atoms with E-state index >= 15 is 0 Å². The molecule has 1 amide bonds. The van der Waals surface area contributed by atoms with E-state index in [-0.39, 0.29) is 23.3 Å². The molecule has 1 unspecified atom stereocenters. The first-order valence-corrected chi connectivity index (χ1v) is 6.94. The smallest absolute Gasteiger partial charge is 0.255 e. The summed E-state index contributed by atoms with van der Waals surface area (Å²) in [6.45, 7) is 0. The third-order valence-electron chi connectivity index (χ3n) is 3.89. The van der Waals surface area contributed by atoms with Crippen molar-refractivity contribution < 1.29 is 14.6 Å². The van der Waals surface area contributed by atoms with Crippen LogP contribution in [0.3, 0.4) is 0 Å². The summed E-state index contributed by atoms with van der Waals surface area (Å²) in [5, 5.41) is 12.9. The Kier molecular flexibility index (Phi) is 3.52. The zero-order valence-corrected chi connectivity index (χ0v) is 11.8. The Morgan fingerprint density at radius 3 is 2.86 bits per heavy atom. The van der Waals surface area contributed by atoms with Gasteiger partial charge in [0.2, 0.25) is 0 Å². The molecule has 0 spiro atoms. The van der Waals surface area contributed by atoms with Crippen LogP contribution >= 0.6 is 0 Å². The SMILES string of the molecule is COc1ccc(C(=O)NC2CCc3ccccc32)c(O)c1. The summed E-state index contributed by atoms with van der Waals surface area (Å²) in [6, 6.07) is 12.8. The lowest BCUT2D eigenvalue weighted by Crippen LogP contribution is -2.27. The second-order valence-corrected chi connectivity index (χ2v) is 5.15. The van der Waals surface area contributed by atoms with Gasteiger partial charge in [0, 0.05) is 6.07 Å². The molecule has 21 heavy (non-hydrogen) atoms. The number of phenolic OH excluding ortho intramolecular Hbond substituents is 1. The van der Waals surface area contributed by atoms with Crippen LogP contribution in [0.15, 0.2) is 42.5 Å². The summed E-state index contributed by atoms with van der Waals surface area (Å²) in [4.78, 5) is 12.3. The van der Waals surface area contributed by atoms with Crippen LogP contribution in [0.25, 0.3) is 0 Å². The van der Waals surface area contributed by atoms with Crippen LogP contribution in [0, 0.1) is 0 Å². The van der Waals surface area contributed by atoms with E-state index in [1.807, 2.05) is 18.2 Å². The first kappa shape index (κ1) is 13.5. The molecule has 0 saturated carbocycles. The molecular weight excluding hydrogens is 266 g/mol. The number of hydrogen-bond acceptors (Lipinski definition) is 3. The predicted molar refractivity (Wildman–Crippen MR) is 79.6 cm³/mol. The molecule has 2 aromatic rings. The Balaban J connectivity index is 1.79. The van der Waals surface area contributed by atoms with Crippen molar-refractivity contribution in [3.8, 4) is 11.5 Å². The van der Waals surface area contributed by atoms with Crippen molar-refractivity contribution >= 4 is 5.91 Å². The van der Waals surface area contributed by atoms with Gasteiger partial charge in [0.15, 0.2) is 0 Å². The first-order chi connectivity index (χ1) is 10.2. The van der Waals surface area contributed by atoms with E-state index in [0.717, 1.165) is 12.8 Å². The molecule has 2 N–H and O–H groups in total. The molecule has 0 aromatic heterocycles. The van der Waals surface area contributed by atoms with Crippen LogP contribution in [0.4, 0.5) is 0 Å². The highest BCUT2D eigenvalue weighted by Gasteiger charge is 2.24. The minimum absolute atomic E-state index is 0.00945. The molecule has 2 aromatic carbocycles. The standard InChI is InChI=1S/C17H17NO3/c1-21-12-7-8-14(16(19)10-12)17(20)18-15-9-6-11-4-2-3-5-13(11)15/h2-5,7-8,10,15,19H,6,9H2,1H3,(H,18,20). The molecule has 0 heterocycles. The van der Waals surface area contributed by atoms with Gasteiger partial charge >= 0.3 is 0 Å². The minimum Gasteiger partial charge on any atom is -0.507 e. The average molecular weight is 283 g/mol. The number of aromatic hydroxyl groups is 1. The molecule has 0 saturated heterocycles. The number of aryl methyl sites for hydroxylation is 1. The Morgan fingerprint density at radius 2 is 2.10 bits per heavy atom. The maximum Gasteiger partial charge on any atom is 0.255 e. The van der Waals surface area contributed by atoms with Crippen molar-refractivity contribution in [1.29, 1.82) is 0 Å². The molecule has 0 bridgehead atoms. The topological polar surface area (TPSA) is 58.6 Å². The lowest BCUT2D eigenvalue weighted by molar-refractivity contribution is 0.0934. The fraction of sp³-hybridized carbons (Fsp3) is 0.235. The molecule has 0 radical (unpaired) electrons. The maximum absolute atomic E-state index is 12.3. The van der Waals surface area contributed by atoms with Crippen LogP contribution < -0.4 is 10.1 Å². The highest BCUT2D eigenvalue weighted by atomic mass is 16.5. The van der Waals surface area contributed by atoms with Gasteiger partial charge in [0.1, 0.15) is 11.5 Å². The molecular formula is C17H17NO3. The van der Waals surface area contributed by atoms with Crippen molar-refractivity contribution in [2.75, 3.05) is 7.11 Å².